The maximum Gasteiger partial charge on any atom is 0.198 e. The van der Waals surface area contributed by atoms with Crippen LogP contribution in [-0.2, 0) is 30.2 Å². The highest BCUT2D eigenvalue weighted by Gasteiger charge is 2.52. The van der Waals surface area contributed by atoms with E-state index in [4.69, 9.17) is 30.4 Å². The van der Waals surface area contributed by atoms with E-state index in [2.05, 4.69) is 0 Å². The number of halogens is 2. The average molecular weight is 700 g/mol. The van der Waals surface area contributed by atoms with Gasteiger partial charge in [-0.25, -0.2) is 0 Å². The zero-order valence-corrected chi connectivity index (χ0v) is 27.6. The van der Waals surface area contributed by atoms with Crippen LogP contribution in [0.25, 0.3) is 0 Å². The molecule has 2 heterocycles. The topological polar surface area (TPSA) is 221 Å². The van der Waals surface area contributed by atoms with E-state index in [1.54, 1.807) is 26.0 Å². The van der Waals surface area contributed by atoms with Gasteiger partial charge >= 0.3 is 0 Å². The number of hydrogen-bond acceptors (Lipinski definition) is 13. The zero-order valence-electron chi connectivity index (χ0n) is 26.0. The lowest BCUT2D eigenvalue weighted by Gasteiger charge is -2.46. The summed E-state index contributed by atoms with van der Waals surface area (Å²) in [6, 6.07) is 4.69. The number of rotatable bonds is 5. The second kappa shape index (κ2) is 13.7. The zero-order chi connectivity index (χ0) is 32.5. The van der Waals surface area contributed by atoms with Gasteiger partial charge in [0.1, 0.15) is 17.1 Å². The molecule has 6 rings (SSSR count). The van der Waals surface area contributed by atoms with Crippen molar-refractivity contribution in [2.45, 2.75) is 107 Å². The molecule has 0 spiro atoms. The molecule has 2 fully saturated rings. The standard InChI is InChI=1S/C32H38N2O11.2ClH/c1-12-26(36)18(33)8-21(42-12)44-20-11-32(14(3)35,45-22-9-19(34)27(37)13(2)43-22)10-17-23(20)31(41)25-24(30(17)40)28(38)15-6-4-5-7-16(15)29(25)39;;/h4-7,12-13,18-22,26-27,36-37,40-41H,8-11,33-34H2,1-3H3;2*1H/t12?,13?,18?,19?,20-,21?,22?,26?,27?,32-;;/m1../s1. The first kappa shape index (κ1) is 37.1. The van der Waals surface area contributed by atoms with Crippen molar-refractivity contribution in [3.05, 3.63) is 57.6 Å². The smallest absolute Gasteiger partial charge is 0.198 e. The maximum absolute atomic E-state index is 13.7. The van der Waals surface area contributed by atoms with Crippen LogP contribution in [0.15, 0.2) is 24.3 Å². The highest BCUT2D eigenvalue weighted by Crippen LogP contribution is 2.53. The van der Waals surface area contributed by atoms with E-state index in [1.807, 2.05) is 0 Å². The molecule has 0 amide bonds. The quantitative estimate of drug-likeness (QED) is 0.209. The molecular weight excluding hydrogens is 659 g/mol. The number of phenolic OH excluding ortho intramolecular Hbond substituents is 2. The van der Waals surface area contributed by atoms with Gasteiger partial charge in [0.05, 0.1) is 41.6 Å². The minimum absolute atomic E-state index is 0. The number of phenols is 2. The molecule has 0 bridgehead atoms. The van der Waals surface area contributed by atoms with Gasteiger partial charge in [-0.2, -0.15) is 0 Å². The molecule has 10 atom stereocenters. The number of Topliss-reactive ketones (excluding diaryl/α,β-unsaturated/α-hetero) is 1. The van der Waals surface area contributed by atoms with E-state index in [0.29, 0.717) is 0 Å². The Hall–Kier alpha value is -2.69. The lowest BCUT2D eigenvalue weighted by atomic mass is 9.72. The maximum atomic E-state index is 13.7. The Morgan fingerprint density at radius 1 is 0.872 bits per heavy atom. The molecule has 2 aliphatic heterocycles. The van der Waals surface area contributed by atoms with Crippen molar-refractivity contribution in [3.8, 4) is 11.5 Å². The van der Waals surface area contributed by atoms with Crippen molar-refractivity contribution in [1.82, 2.24) is 0 Å². The van der Waals surface area contributed by atoms with Crippen molar-refractivity contribution < 1.29 is 53.8 Å². The normalized spacial score (nSPS) is 34.7. The lowest BCUT2D eigenvalue weighted by Crippen LogP contribution is -2.56. The first-order chi connectivity index (χ1) is 21.2. The number of aliphatic hydroxyl groups excluding tert-OH is 2. The molecule has 2 aromatic rings. The summed E-state index contributed by atoms with van der Waals surface area (Å²) in [5.41, 5.74) is 9.93. The molecule has 15 heteroatoms. The van der Waals surface area contributed by atoms with Gasteiger partial charge in [-0.1, -0.05) is 24.3 Å². The first-order valence-electron chi connectivity index (χ1n) is 15.1. The molecule has 2 saturated heterocycles. The third-order valence-electron chi connectivity index (χ3n) is 9.58. The highest BCUT2D eigenvalue weighted by molar-refractivity contribution is 6.30. The number of carbonyl (C=O) groups is 3. The number of aliphatic hydroxyl groups is 2. The van der Waals surface area contributed by atoms with Crippen molar-refractivity contribution in [2.24, 2.45) is 11.5 Å². The fourth-order valence-corrected chi connectivity index (χ4v) is 6.99. The second-order valence-electron chi connectivity index (χ2n) is 12.5. The molecule has 4 aliphatic rings. The highest BCUT2D eigenvalue weighted by atomic mass is 35.5. The summed E-state index contributed by atoms with van der Waals surface area (Å²) in [6.07, 6.45) is -6.97. The third kappa shape index (κ3) is 6.19. The molecule has 8 N–H and O–H groups in total. The number of fused-ring (bicyclic) bond motifs is 3. The minimum Gasteiger partial charge on any atom is -0.507 e. The van der Waals surface area contributed by atoms with Crippen LogP contribution in [0.4, 0.5) is 0 Å². The van der Waals surface area contributed by atoms with Crippen LogP contribution in [0.1, 0.15) is 89.1 Å². The molecule has 0 aromatic heterocycles. The molecule has 0 saturated carbocycles. The summed E-state index contributed by atoms with van der Waals surface area (Å²) in [5.74, 6) is -2.93. The van der Waals surface area contributed by atoms with E-state index < -0.39 is 89.6 Å². The van der Waals surface area contributed by atoms with Crippen molar-refractivity contribution in [1.29, 1.82) is 0 Å². The van der Waals surface area contributed by atoms with Crippen molar-refractivity contribution in [2.75, 3.05) is 0 Å². The Labute approximate surface area is 283 Å². The first-order valence-corrected chi connectivity index (χ1v) is 15.1. The van der Waals surface area contributed by atoms with Crippen LogP contribution in [0.3, 0.4) is 0 Å². The van der Waals surface area contributed by atoms with E-state index in [1.165, 1.54) is 19.1 Å². The fraction of sp³-hybridized carbons (Fsp3) is 0.531. The monoisotopic (exact) mass is 698 g/mol. The number of carbonyl (C=O) groups excluding carboxylic acids is 3. The van der Waals surface area contributed by atoms with Gasteiger partial charge < -0.3 is 50.8 Å². The lowest BCUT2D eigenvalue weighted by molar-refractivity contribution is -0.277. The van der Waals surface area contributed by atoms with Gasteiger partial charge in [-0.05, 0) is 20.8 Å². The van der Waals surface area contributed by atoms with Gasteiger partial charge in [0.15, 0.2) is 29.9 Å². The summed E-state index contributed by atoms with van der Waals surface area (Å²) in [4.78, 5) is 40.8. The number of benzene rings is 2. The van der Waals surface area contributed by atoms with Gasteiger partial charge in [-0.15, -0.1) is 24.8 Å². The van der Waals surface area contributed by atoms with Crippen molar-refractivity contribution in [3.63, 3.8) is 0 Å². The van der Waals surface area contributed by atoms with Gasteiger partial charge in [0, 0.05) is 60.0 Å². The molecule has 258 valence electrons. The molecule has 2 aliphatic carbocycles. The molecule has 8 unspecified atom stereocenters. The number of hydrogen-bond donors (Lipinski definition) is 6. The molecule has 0 radical (unpaired) electrons. The summed E-state index contributed by atoms with van der Waals surface area (Å²) in [7, 11) is 0. The predicted molar refractivity (Wildman–Crippen MR) is 170 cm³/mol. The largest absolute Gasteiger partial charge is 0.507 e. The van der Waals surface area contributed by atoms with Crippen molar-refractivity contribution >= 4 is 42.2 Å². The van der Waals surface area contributed by atoms with Crippen LogP contribution < -0.4 is 11.5 Å². The van der Waals surface area contributed by atoms with Gasteiger partial charge in [0.25, 0.3) is 0 Å². The Balaban J connectivity index is 0.00000250. The van der Waals surface area contributed by atoms with Gasteiger partial charge in [-0.3, -0.25) is 14.4 Å². The van der Waals surface area contributed by atoms with E-state index in [-0.39, 0.29) is 83.9 Å². The Bertz CT molecular complexity index is 1550. The SMILES string of the molecule is CC(=O)[C@@]1(OC2CC(N)C(O)C(C)O2)Cc2c(O)c3c(c(O)c2[C@H](OC2CC(N)C(O)C(C)O2)C1)C(=O)c1ccccc1C3=O.Cl.Cl. The molecular formula is C32H40Cl2N2O11. The number of aromatic hydroxyl groups is 2. The number of ketones is 3. The minimum atomic E-state index is -1.72. The van der Waals surface area contributed by atoms with Crippen LogP contribution in [0, 0.1) is 0 Å². The third-order valence-corrected chi connectivity index (χ3v) is 9.58. The Morgan fingerprint density at radius 2 is 1.36 bits per heavy atom. The van der Waals surface area contributed by atoms with Crippen LogP contribution in [0.5, 0.6) is 11.5 Å². The van der Waals surface area contributed by atoms with Crippen LogP contribution in [0.2, 0.25) is 0 Å². The van der Waals surface area contributed by atoms with Crippen LogP contribution in [-0.4, -0.2) is 92.5 Å². The molecule has 47 heavy (non-hydrogen) atoms. The fourth-order valence-electron chi connectivity index (χ4n) is 6.99. The van der Waals surface area contributed by atoms with E-state index in [0.717, 1.165) is 0 Å². The Kier molecular flexibility index (Phi) is 10.8. The summed E-state index contributed by atoms with van der Waals surface area (Å²) < 4.78 is 24.4. The average Bonchev–Trinajstić information content (AvgIpc) is 2.98. The summed E-state index contributed by atoms with van der Waals surface area (Å²) in [6.45, 7) is 4.55. The van der Waals surface area contributed by atoms with E-state index >= 15 is 0 Å². The second-order valence-corrected chi connectivity index (χ2v) is 12.5. The number of nitrogens with two attached hydrogens (primary N) is 2. The van der Waals surface area contributed by atoms with Gasteiger partial charge in [0.2, 0.25) is 0 Å². The summed E-state index contributed by atoms with van der Waals surface area (Å²) >= 11 is 0. The molecule has 2 aromatic carbocycles. The predicted octanol–water partition coefficient (Wildman–Crippen LogP) is 1.71. The van der Waals surface area contributed by atoms with Crippen LogP contribution >= 0.6 is 24.8 Å². The number of ether oxygens (including phenoxy) is 4. The van der Waals surface area contributed by atoms with E-state index in [9.17, 15) is 34.8 Å². The molecule has 13 nitrogen and oxygen atoms in total. The Morgan fingerprint density at radius 3 is 1.87 bits per heavy atom. The summed E-state index contributed by atoms with van der Waals surface area (Å²) in [5, 5.41) is 44.1.